The molecule has 1 aliphatic heterocycles. The molecular weight excluding hydrogens is 224 g/mol. The zero-order chi connectivity index (χ0) is 12.3. The summed E-state index contributed by atoms with van der Waals surface area (Å²) >= 11 is 0. The van der Waals surface area contributed by atoms with E-state index in [-0.39, 0.29) is 12.0 Å². The molecular formula is C12H19F2N3. The van der Waals surface area contributed by atoms with Crippen LogP contribution in [-0.4, -0.2) is 22.9 Å². The second-order valence-corrected chi connectivity index (χ2v) is 4.84. The van der Waals surface area contributed by atoms with Crippen LogP contribution in [0.4, 0.5) is 8.78 Å². The number of hydrogen-bond donors (Lipinski definition) is 1. The van der Waals surface area contributed by atoms with E-state index in [1.807, 2.05) is 0 Å². The molecule has 3 nitrogen and oxygen atoms in total. The van der Waals surface area contributed by atoms with E-state index in [4.69, 9.17) is 0 Å². The molecule has 1 aromatic heterocycles. The number of halogens is 2. The Balaban J connectivity index is 1.88. The minimum absolute atomic E-state index is 0.0361. The molecule has 1 fully saturated rings. The first kappa shape index (κ1) is 12.5. The van der Waals surface area contributed by atoms with Crippen molar-refractivity contribution < 1.29 is 8.78 Å². The highest BCUT2D eigenvalue weighted by Crippen LogP contribution is 2.35. The molecule has 2 rings (SSSR count). The van der Waals surface area contributed by atoms with Gasteiger partial charge >= 0.3 is 0 Å². The number of hydrogen-bond acceptors (Lipinski definition) is 2. The van der Waals surface area contributed by atoms with Crippen molar-refractivity contribution in [1.29, 1.82) is 0 Å². The maximum atomic E-state index is 13.9. The van der Waals surface area contributed by atoms with Crippen LogP contribution in [0.5, 0.6) is 0 Å². The fourth-order valence-corrected chi connectivity index (χ4v) is 2.31. The van der Waals surface area contributed by atoms with E-state index in [1.54, 1.807) is 7.05 Å². The van der Waals surface area contributed by atoms with E-state index < -0.39 is 5.92 Å². The summed E-state index contributed by atoms with van der Waals surface area (Å²) < 4.78 is 29.1. The van der Waals surface area contributed by atoms with Gasteiger partial charge in [-0.25, -0.2) is 8.78 Å². The zero-order valence-corrected chi connectivity index (χ0v) is 10.1. The van der Waals surface area contributed by atoms with Crippen molar-refractivity contribution in [2.45, 2.75) is 31.6 Å². The van der Waals surface area contributed by atoms with Gasteiger partial charge in [0.15, 0.2) is 0 Å². The summed E-state index contributed by atoms with van der Waals surface area (Å²) in [6.45, 7) is 1.92. The van der Waals surface area contributed by atoms with Gasteiger partial charge in [0.05, 0.1) is 11.8 Å². The summed E-state index contributed by atoms with van der Waals surface area (Å²) in [5.41, 5.74) is 0.0361. The highest BCUT2D eigenvalue weighted by Gasteiger charge is 2.33. The van der Waals surface area contributed by atoms with Gasteiger partial charge < -0.3 is 5.32 Å². The number of nitrogens with one attached hydrogen (secondary N) is 1. The number of nitrogens with zero attached hydrogens (tertiary/aromatic N) is 2. The molecule has 0 aromatic carbocycles. The quantitative estimate of drug-likeness (QED) is 0.879. The number of rotatable bonds is 4. The van der Waals surface area contributed by atoms with E-state index in [9.17, 15) is 8.78 Å². The third kappa shape index (κ3) is 3.25. The van der Waals surface area contributed by atoms with Gasteiger partial charge in [-0.3, -0.25) is 4.68 Å². The second kappa shape index (κ2) is 5.12. The summed E-state index contributed by atoms with van der Waals surface area (Å²) in [5.74, 6) is -2.29. The van der Waals surface area contributed by atoms with Crippen molar-refractivity contribution in [1.82, 2.24) is 15.1 Å². The molecule has 1 N–H and O–H groups in total. The molecule has 0 unspecified atom stereocenters. The van der Waals surface area contributed by atoms with Crippen molar-refractivity contribution in [3.05, 3.63) is 18.0 Å². The van der Waals surface area contributed by atoms with Crippen molar-refractivity contribution in [2.75, 3.05) is 13.1 Å². The minimum Gasteiger partial charge on any atom is -0.317 e. The third-order valence-corrected chi connectivity index (χ3v) is 3.45. The fourth-order valence-electron chi connectivity index (χ4n) is 2.31. The number of aryl methyl sites for hydroxylation is 1. The Labute approximate surface area is 100 Å². The van der Waals surface area contributed by atoms with Crippen LogP contribution < -0.4 is 5.32 Å². The third-order valence-electron chi connectivity index (χ3n) is 3.45. The molecule has 0 aliphatic carbocycles. The molecule has 1 aliphatic rings. The highest BCUT2D eigenvalue weighted by molar-refractivity contribution is 5.11. The topological polar surface area (TPSA) is 29.9 Å². The van der Waals surface area contributed by atoms with Crippen LogP contribution in [0.1, 0.15) is 31.2 Å². The van der Waals surface area contributed by atoms with E-state index >= 15 is 0 Å². The largest absolute Gasteiger partial charge is 0.317 e. The Morgan fingerprint density at radius 1 is 1.47 bits per heavy atom. The molecule has 0 spiro atoms. The van der Waals surface area contributed by atoms with Gasteiger partial charge in [0, 0.05) is 19.7 Å². The molecule has 1 saturated heterocycles. The van der Waals surface area contributed by atoms with Crippen molar-refractivity contribution in [3.8, 4) is 0 Å². The van der Waals surface area contributed by atoms with Crippen molar-refractivity contribution in [3.63, 3.8) is 0 Å². The SMILES string of the molecule is Cn1cc(C(F)(F)CCC2CCNCC2)cn1. The molecule has 1 aromatic rings. The zero-order valence-electron chi connectivity index (χ0n) is 10.1. The van der Waals surface area contributed by atoms with Crippen molar-refractivity contribution >= 4 is 0 Å². The molecule has 0 amide bonds. The number of piperidine rings is 1. The van der Waals surface area contributed by atoms with Gasteiger partial charge in [-0.05, 0) is 38.3 Å². The number of alkyl halides is 2. The Morgan fingerprint density at radius 3 is 2.76 bits per heavy atom. The van der Waals surface area contributed by atoms with Crippen LogP contribution in [0, 0.1) is 5.92 Å². The lowest BCUT2D eigenvalue weighted by atomic mass is 9.91. The molecule has 2 heterocycles. The first-order valence-electron chi connectivity index (χ1n) is 6.15. The maximum Gasteiger partial charge on any atom is 0.276 e. The summed E-state index contributed by atoms with van der Waals surface area (Å²) in [4.78, 5) is 0. The fraction of sp³-hybridized carbons (Fsp3) is 0.750. The molecule has 96 valence electrons. The molecule has 0 bridgehead atoms. The Hall–Kier alpha value is -0.970. The predicted molar refractivity (Wildman–Crippen MR) is 61.9 cm³/mol. The average Bonchev–Trinajstić information content (AvgIpc) is 2.76. The summed E-state index contributed by atoms with van der Waals surface area (Å²) in [6, 6.07) is 0. The lowest BCUT2D eigenvalue weighted by Crippen LogP contribution is -2.28. The number of aromatic nitrogens is 2. The first-order valence-corrected chi connectivity index (χ1v) is 6.15. The van der Waals surface area contributed by atoms with E-state index in [0.717, 1.165) is 25.9 Å². The minimum atomic E-state index is -2.74. The van der Waals surface area contributed by atoms with Crippen LogP contribution in [0.25, 0.3) is 0 Å². The molecule has 0 radical (unpaired) electrons. The van der Waals surface area contributed by atoms with Crippen LogP contribution in [0.15, 0.2) is 12.4 Å². The van der Waals surface area contributed by atoms with E-state index in [1.165, 1.54) is 17.1 Å². The Bertz CT molecular complexity index is 356. The smallest absolute Gasteiger partial charge is 0.276 e. The molecule has 0 atom stereocenters. The van der Waals surface area contributed by atoms with Gasteiger partial charge in [0.1, 0.15) is 0 Å². The van der Waals surface area contributed by atoms with E-state index in [2.05, 4.69) is 10.4 Å². The van der Waals surface area contributed by atoms with Gasteiger partial charge in [-0.15, -0.1) is 0 Å². The van der Waals surface area contributed by atoms with E-state index in [0.29, 0.717) is 12.3 Å². The van der Waals surface area contributed by atoms with Crippen LogP contribution in [0.2, 0.25) is 0 Å². The van der Waals surface area contributed by atoms with Crippen molar-refractivity contribution in [2.24, 2.45) is 13.0 Å². The second-order valence-electron chi connectivity index (χ2n) is 4.84. The lowest BCUT2D eigenvalue weighted by Gasteiger charge is -2.24. The highest BCUT2D eigenvalue weighted by atomic mass is 19.3. The average molecular weight is 243 g/mol. The summed E-state index contributed by atoms with van der Waals surface area (Å²) in [7, 11) is 1.66. The summed E-state index contributed by atoms with van der Waals surface area (Å²) in [6.07, 6.45) is 5.24. The van der Waals surface area contributed by atoms with Gasteiger partial charge in [-0.1, -0.05) is 0 Å². The summed E-state index contributed by atoms with van der Waals surface area (Å²) in [5, 5.41) is 7.05. The first-order chi connectivity index (χ1) is 8.08. The lowest BCUT2D eigenvalue weighted by molar-refractivity contribution is -0.0203. The normalized spacial score (nSPS) is 18.5. The standard InChI is InChI=1S/C12H19F2N3/c1-17-9-11(8-16-17)12(13,14)5-2-10-3-6-15-7-4-10/h8-10,15H,2-7H2,1H3. The predicted octanol–water partition coefficient (Wildman–Crippen LogP) is 2.29. The van der Waals surface area contributed by atoms with Crippen LogP contribution >= 0.6 is 0 Å². The van der Waals surface area contributed by atoms with Gasteiger partial charge in [0.25, 0.3) is 5.92 Å². The molecule has 5 heteroatoms. The monoisotopic (exact) mass is 243 g/mol. The van der Waals surface area contributed by atoms with Gasteiger partial charge in [0.2, 0.25) is 0 Å². The van der Waals surface area contributed by atoms with Crippen LogP contribution in [0.3, 0.4) is 0 Å². The Morgan fingerprint density at radius 2 is 2.18 bits per heavy atom. The Kier molecular flexibility index (Phi) is 3.76. The molecule has 0 saturated carbocycles. The van der Waals surface area contributed by atoms with Gasteiger partial charge in [-0.2, -0.15) is 5.10 Å². The molecule has 17 heavy (non-hydrogen) atoms. The van der Waals surface area contributed by atoms with Crippen LogP contribution in [-0.2, 0) is 13.0 Å². The maximum absolute atomic E-state index is 13.9.